The van der Waals surface area contributed by atoms with Crippen LogP contribution in [0.2, 0.25) is 0 Å². The number of carbonyl (C=O) groups excluding carboxylic acids is 1. The van der Waals surface area contributed by atoms with Gasteiger partial charge in [-0.2, -0.15) is 4.31 Å². The number of anilines is 2. The normalized spacial score (nSPS) is 18.0. The standard InChI is InChI=1S/C21H24FN3O5S/c22-17-3-1-2-16(14-17)21(26)23-19-15-18(31(27,28)25-8-12-30-13-9-25)4-5-20(19)24-6-10-29-11-7-24/h1-5,14-15H,6-13H2,(H,23,26). The first-order chi connectivity index (χ1) is 14.9. The van der Waals surface area contributed by atoms with E-state index in [2.05, 4.69) is 5.32 Å². The number of rotatable bonds is 5. The number of sulfonamides is 1. The molecule has 2 fully saturated rings. The van der Waals surface area contributed by atoms with E-state index < -0.39 is 21.7 Å². The predicted octanol–water partition coefficient (Wildman–Crippen LogP) is 1.94. The van der Waals surface area contributed by atoms with Crippen LogP contribution >= 0.6 is 0 Å². The lowest BCUT2D eigenvalue weighted by atomic mass is 10.2. The van der Waals surface area contributed by atoms with Crippen molar-refractivity contribution >= 4 is 27.3 Å². The second-order valence-electron chi connectivity index (χ2n) is 7.26. The van der Waals surface area contributed by atoms with Crippen LogP contribution in [0, 0.1) is 5.82 Å². The lowest BCUT2D eigenvalue weighted by molar-refractivity contribution is 0.0730. The summed E-state index contributed by atoms with van der Waals surface area (Å²) in [6.07, 6.45) is 0. The molecule has 2 aromatic carbocycles. The van der Waals surface area contributed by atoms with E-state index in [-0.39, 0.29) is 23.5 Å². The van der Waals surface area contributed by atoms with Gasteiger partial charge in [0.1, 0.15) is 5.82 Å². The van der Waals surface area contributed by atoms with Crippen molar-refractivity contribution in [3.63, 3.8) is 0 Å². The molecule has 0 aromatic heterocycles. The van der Waals surface area contributed by atoms with Crippen molar-refractivity contribution in [1.82, 2.24) is 4.31 Å². The molecule has 0 radical (unpaired) electrons. The Labute approximate surface area is 180 Å². The van der Waals surface area contributed by atoms with E-state index in [1.54, 1.807) is 12.1 Å². The minimum absolute atomic E-state index is 0.0842. The summed E-state index contributed by atoms with van der Waals surface area (Å²) < 4.78 is 51.8. The Kier molecular flexibility index (Phi) is 6.51. The van der Waals surface area contributed by atoms with Gasteiger partial charge in [0.15, 0.2) is 0 Å². The highest BCUT2D eigenvalue weighted by Crippen LogP contribution is 2.31. The van der Waals surface area contributed by atoms with Crippen molar-refractivity contribution in [1.29, 1.82) is 0 Å². The summed E-state index contributed by atoms with van der Waals surface area (Å²) in [6, 6.07) is 10.1. The number of nitrogens with one attached hydrogen (secondary N) is 1. The topological polar surface area (TPSA) is 88.2 Å². The van der Waals surface area contributed by atoms with Crippen molar-refractivity contribution in [3.05, 3.63) is 53.8 Å². The van der Waals surface area contributed by atoms with E-state index in [4.69, 9.17) is 9.47 Å². The van der Waals surface area contributed by atoms with Crippen LogP contribution in [0.5, 0.6) is 0 Å². The van der Waals surface area contributed by atoms with E-state index in [0.717, 1.165) is 6.07 Å². The Balaban J connectivity index is 1.68. The number of hydrogen-bond donors (Lipinski definition) is 1. The van der Waals surface area contributed by atoms with Gasteiger partial charge in [-0.15, -0.1) is 0 Å². The molecular weight excluding hydrogens is 425 g/mol. The smallest absolute Gasteiger partial charge is 0.255 e. The van der Waals surface area contributed by atoms with Crippen molar-refractivity contribution in [2.24, 2.45) is 0 Å². The van der Waals surface area contributed by atoms with Gasteiger partial charge in [-0.1, -0.05) is 6.07 Å². The molecular formula is C21H24FN3O5S. The summed E-state index contributed by atoms with van der Waals surface area (Å²) in [6.45, 7) is 3.52. The summed E-state index contributed by atoms with van der Waals surface area (Å²) >= 11 is 0. The maximum atomic E-state index is 13.6. The van der Waals surface area contributed by atoms with Crippen LogP contribution in [0.4, 0.5) is 15.8 Å². The van der Waals surface area contributed by atoms with Gasteiger partial charge in [0.05, 0.1) is 42.7 Å². The number of benzene rings is 2. The molecule has 2 heterocycles. The fraction of sp³-hybridized carbons (Fsp3) is 0.381. The van der Waals surface area contributed by atoms with Crippen LogP contribution in [0.15, 0.2) is 47.4 Å². The van der Waals surface area contributed by atoms with Gasteiger partial charge in [-0.05, 0) is 36.4 Å². The van der Waals surface area contributed by atoms with E-state index in [1.165, 1.54) is 28.6 Å². The van der Waals surface area contributed by atoms with Crippen LogP contribution in [-0.4, -0.2) is 71.2 Å². The maximum Gasteiger partial charge on any atom is 0.255 e. The second kappa shape index (κ2) is 9.31. The zero-order valence-electron chi connectivity index (χ0n) is 16.9. The molecule has 0 unspecified atom stereocenters. The highest BCUT2D eigenvalue weighted by Gasteiger charge is 2.28. The molecule has 0 aliphatic carbocycles. The van der Waals surface area contributed by atoms with Gasteiger partial charge in [-0.3, -0.25) is 4.79 Å². The summed E-state index contributed by atoms with van der Waals surface area (Å²) in [4.78, 5) is 14.9. The van der Waals surface area contributed by atoms with Gasteiger partial charge < -0.3 is 19.7 Å². The van der Waals surface area contributed by atoms with Crippen molar-refractivity contribution in [3.8, 4) is 0 Å². The molecule has 2 aliphatic rings. The largest absolute Gasteiger partial charge is 0.379 e. The maximum absolute atomic E-state index is 13.6. The van der Waals surface area contributed by atoms with Crippen LogP contribution in [0.1, 0.15) is 10.4 Å². The quantitative estimate of drug-likeness (QED) is 0.751. The third kappa shape index (κ3) is 4.87. The average Bonchev–Trinajstić information content (AvgIpc) is 2.80. The summed E-state index contributed by atoms with van der Waals surface area (Å²) in [5.74, 6) is -1.04. The molecule has 0 bridgehead atoms. The number of hydrogen-bond acceptors (Lipinski definition) is 6. The van der Waals surface area contributed by atoms with Gasteiger partial charge in [0, 0.05) is 31.7 Å². The molecule has 10 heteroatoms. The number of nitrogens with zero attached hydrogens (tertiary/aromatic N) is 2. The number of ether oxygens (including phenoxy) is 2. The van der Waals surface area contributed by atoms with Crippen molar-refractivity contribution in [2.75, 3.05) is 62.8 Å². The molecule has 0 saturated carbocycles. The Morgan fingerprint density at radius 1 is 0.935 bits per heavy atom. The third-order valence-corrected chi connectivity index (χ3v) is 7.16. The van der Waals surface area contributed by atoms with E-state index in [1.807, 2.05) is 4.90 Å². The van der Waals surface area contributed by atoms with E-state index in [0.29, 0.717) is 50.9 Å². The summed E-state index contributed by atoms with van der Waals surface area (Å²) in [5.41, 5.74) is 1.19. The van der Waals surface area contributed by atoms with Gasteiger partial charge in [0.25, 0.3) is 5.91 Å². The van der Waals surface area contributed by atoms with Gasteiger partial charge >= 0.3 is 0 Å². The molecule has 0 spiro atoms. The number of halogens is 1. The zero-order chi connectivity index (χ0) is 21.8. The molecule has 4 rings (SSSR count). The SMILES string of the molecule is O=C(Nc1cc(S(=O)(=O)N2CCOCC2)ccc1N1CCOCC1)c1cccc(F)c1. The van der Waals surface area contributed by atoms with Gasteiger partial charge in [0.2, 0.25) is 10.0 Å². The van der Waals surface area contributed by atoms with E-state index in [9.17, 15) is 17.6 Å². The highest BCUT2D eigenvalue weighted by molar-refractivity contribution is 7.89. The zero-order valence-corrected chi connectivity index (χ0v) is 17.7. The number of amides is 1. The molecule has 0 atom stereocenters. The molecule has 2 saturated heterocycles. The second-order valence-corrected chi connectivity index (χ2v) is 9.20. The monoisotopic (exact) mass is 449 g/mol. The molecule has 166 valence electrons. The molecule has 2 aliphatic heterocycles. The first-order valence-electron chi connectivity index (χ1n) is 10.1. The predicted molar refractivity (Wildman–Crippen MR) is 113 cm³/mol. The molecule has 2 aromatic rings. The first-order valence-corrected chi connectivity index (χ1v) is 11.5. The fourth-order valence-electron chi connectivity index (χ4n) is 3.62. The van der Waals surface area contributed by atoms with Crippen LogP contribution < -0.4 is 10.2 Å². The first kappa shape index (κ1) is 21.7. The van der Waals surface area contributed by atoms with Crippen molar-refractivity contribution in [2.45, 2.75) is 4.90 Å². The molecule has 1 N–H and O–H groups in total. The minimum atomic E-state index is -3.74. The molecule has 1 amide bonds. The Morgan fingerprint density at radius 2 is 1.61 bits per heavy atom. The van der Waals surface area contributed by atoms with Crippen LogP contribution in [-0.2, 0) is 19.5 Å². The summed E-state index contributed by atoms with van der Waals surface area (Å²) in [7, 11) is -3.74. The fourth-order valence-corrected chi connectivity index (χ4v) is 5.05. The van der Waals surface area contributed by atoms with E-state index >= 15 is 0 Å². The highest BCUT2D eigenvalue weighted by atomic mass is 32.2. The molecule has 31 heavy (non-hydrogen) atoms. The minimum Gasteiger partial charge on any atom is -0.379 e. The van der Waals surface area contributed by atoms with Crippen LogP contribution in [0.3, 0.4) is 0 Å². The number of morpholine rings is 2. The average molecular weight is 450 g/mol. The van der Waals surface area contributed by atoms with Crippen molar-refractivity contribution < 1.29 is 27.1 Å². The van der Waals surface area contributed by atoms with Crippen LogP contribution in [0.25, 0.3) is 0 Å². The Hall–Kier alpha value is -2.53. The Morgan fingerprint density at radius 3 is 2.29 bits per heavy atom. The lowest BCUT2D eigenvalue weighted by Gasteiger charge is -2.31. The number of carbonyl (C=O) groups is 1. The third-order valence-electron chi connectivity index (χ3n) is 5.26. The summed E-state index contributed by atoms with van der Waals surface area (Å²) in [5, 5.41) is 2.77. The Bertz CT molecular complexity index is 1050. The molecule has 8 nitrogen and oxygen atoms in total. The van der Waals surface area contributed by atoms with Gasteiger partial charge in [-0.25, -0.2) is 12.8 Å². The lowest BCUT2D eigenvalue weighted by Crippen LogP contribution is -2.40.